The van der Waals surface area contributed by atoms with Gasteiger partial charge in [0.1, 0.15) is 0 Å². The summed E-state index contributed by atoms with van der Waals surface area (Å²) in [4.78, 5) is 2.22. The maximum absolute atomic E-state index is 14.3. The number of alkyl halides is 2. The monoisotopic (exact) mass is 319 g/mol. The third-order valence-corrected chi connectivity index (χ3v) is 4.49. The standard InChI is InChI=1S/C18H23F2N3/c1-12(2)23-7-5-6-13-8-15(14-10-21-22(4)11-14)16(9-17(13)23)18(3,19)20/h8-12H,5-7H2,1-4H3. The lowest BCUT2D eigenvalue weighted by molar-refractivity contribution is 0.0181. The van der Waals surface area contributed by atoms with E-state index in [9.17, 15) is 8.78 Å². The molecule has 0 atom stereocenters. The van der Waals surface area contributed by atoms with E-state index in [0.29, 0.717) is 11.6 Å². The van der Waals surface area contributed by atoms with Crippen LogP contribution in [0.15, 0.2) is 24.5 Å². The predicted molar refractivity (Wildman–Crippen MR) is 89.0 cm³/mol. The zero-order valence-electron chi connectivity index (χ0n) is 14.1. The van der Waals surface area contributed by atoms with Crippen molar-refractivity contribution in [2.45, 2.75) is 45.6 Å². The third-order valence-electron chi connectivity index (χ3n) is 4.49. The zero-order valence-corrected chi connectivity index (χ0v) is 14.1. The van der Waals surface area contributed by atoms with Crippen molar-refractivity contribution in [1.82, 2.24) is 9.78 Å². The summed E-state index contributed by atoms with van der Waals surface area (Å²) in [6, 6.07) is 3.93. The number of rotatable bonds is 3. The van der Waals surface area contributed by atoms with Crippen LogP contribution in [0.25, 0.3) is 11.1 Å². The van der Waals surface area contributed by atoms with E-state index in [1.54, 1.807) is 30.2 Å². The highest BCUT2D eigenvalue weighted by Gasteiger charge is 2.31. The Hall–Kier alpha value is -1.91. The van der Waals surface area contributed by atoms with Gasteiger partial charge in [-0.15, -0.1) is 0 Å². The third kappa shape index (κ3) is 2.96. The summed E-state index contributed by atoms with van der Waals surface area (Å²) in [7, 11) is 1.80. The second-order valence-corrected chi connectivity index (χ2v) is 6.71. The van der Waals surface area contributed by atoms with Crippen molar-refractivity contribution >= 4 is 5.69 Å². The largest absolute Gasteiger partial charge is 0.369 e. The molecule has 124 valence electrons. The second kappa shape index (κ2) is 5.62. The number of halogens is 2. The fourth-order valence-electron chi connectivity index (χ4n) is 3.36. The van der Waals surface area contributed by atoms with Gasteiger partial charge in [0.05, 0.1) is 6.20 Å². The number of hydrogen-bond donors (Lipinski definition) is 0. The minimum Gasteiger partial charge on any atom is -0.369 e. The maximum Gasteiger partial charge on any atom is 0.271 e. The highest BCUT2D eigenvalue weighted by atomic mass is 19.3. The lowest BCUT2D eigenvalue weighted by Crippen LogP contribution is -2.35. The van der Waals surface area contributed by atoms with Crippen LogP contribution in [0.2, 0.25) is 0 Å². The number of fused-ring (bicyclic) bond motifs is 1. The molecule has 0 spiro atoms. The molecular weight excluding hydrogens is 296 g/mol. The Bertz CT molecular complexity index is 714. The van der Waals surface area contributed by atoms with Gasteiger partial charge in [0.2, 0.25) is 0 Å². The Morgan fingerprint density at radius 3 is 2.57 bits per heavy atom. The summed E-state index contributed by atoms with van der Waals surface area (Å²) in [6.45, 7) is 6.10. The predicted octanol–water partition coefficient (Wildman–Crippen LogP) is 4.36. The summed E-state index contributed by atoms with van der Waals surface area (Å²) in [5.41, 5.74) is 3.52. The Morgan fingerprint density at radius 2 is 2.00 bits per heavy atom. The SMILES string of the molecule is CC(C)N1CCCc2cc(-c3cnn(C)c3)c(C(C)(F)F)cc21. The van der Waals surface area contributed by atoms with E-state index in [1.165, 1.54) is 0 Å². The van der Waals surface area contributed by atoms with Crippen LogP contribution >= 0.6 is 0 Å². The normalized spacial score (nSPS) is 15.2. The van der Waals surface area contributed by atoms with Crippen LogP contribution in [0.1, 0.15) is 38.3 Å². The summed E-state index contributed by atoms with van der Waals surface area (Å²) in [5.74, 6) is -2.89. The Morgan fingerprint density at radius 1 is 1.26 bits per heavy atom. The van der Waals surface area contributed by atoms with Gasteiger partial charge in [0.15, 0.2) is 0 Å². The summed E-state index contributed by atoms with van der Waals surface area (Å²) < 4.78 is 30.2. The van der Waals surface area contributed by atoms with Gasteiger partial charge >= 0.3 is 0 Å². The van der Waals surface area contributed by atoms with E-state index in [4.69, 9.17) is 0 Å². The van der Waals surface area contributed by atoms with Crippen LogP contribution in [0.3, 0.4) is 0 Å². The number of nitrogens with zero attached hydrogens (tertiary/aromatic N) is 3. The van der Waals surface area contributed by atoms with Crippen molar-refractivity contribution in [3.05, 3.63) is 35.7 Å². The topological polar surface area (TPSA) is 21.1 Å². The van der Waals surface area contributed by atoms with Gasteiger partial charge in [-0.05, 0) is 49.9 Å². The van der Waals surface area contributed by atoms with Crippen LogP contribution in [-0.4, -0.2) is 22.4 Å². The summed E-state index contributed by atoms with van der Waals surface area (Å²) in [5, 5.41) is 4.13. The van der Waals surface area contributed by atoms with Crippen LogP contribution in [0.4, 0.5) is 14.5 Å². The minimum atomic E-state index is -2.89. The lowest BCUT2D eigenvalue weighted by Gasteiger charge is -2.36. The molecule has 0 N–H and O–H groups in total. The fourth-order valence-corrected chi connectivity index (χ4v) is 3.36. The molecule has 0 aliphatic carbocycles. The summed E-state index contributed by atoms with van der Waals surface area (Å²) in [6.07, 6.45) is 5.43. The Labute approximate surface area is 135 Å². The number of aromatic nitrogens is 2. The van der Waals surface area contributed by atoms with Gasteiger partial charge in [0, 0.05) is 49.6 Å². The van der Waals surface area contributed by atoms with Gasteiger partial charge in [-0.1, -0.05) is 0 Å². The fraction of sp³-hybridized carbons (Fsp3) is 0.500. The summed E-state index contributed by atoms with van der Waals surface area (Å²) >= 11 is 0. The molecule has 0 fully saturated rings. The molecule has 1 aromatic heterocycles. The van der Waals surface area contributed by atoms with E-state index in [1.807, 2.05) is 6.07 Å². The van der Waals surface area contributed by atoms with Gasteiger partial charge in [-0.3, -0.25) is 4.68 Å². The van der Waals surface area contributed by atoms with Gasteiger partial charge in [-0.25, -0.2) is 8.78 Å². The highest BCUT2D eigenvalue weighted by molar-refractivity contribution is 5.74. The highest BCUT2D eigenvalue weighted by Crippen LogP contribution is 2.41. The quantitative estimate of drug-likeness (QED) is 0.838. The molecule has 0 saturated heterocycles. The first kappa shape index (κ1) is 16.0. The van der Waals surface area contributed by atoms with Crippen LogP contribution < -0.4 is 4.90 Å². The smallest absolute Gasteiger partial charge is 0.271 e. The molecule has 0 radical (unpaired) electrons. The zero-order chi connectivity index (χ0) is 16.8. The van der Waals surface area contributed by atoms with Crippen molar-refractivity contribution in [2.24, 2.45) is 7.05 Å². The number of aryl methyl sites for hydroxylation is 2. The van der Waals surface area contributed by atoms with Crippen LogP contribution in [0, 0.1) is 0 Å². The molecule has 23 heavy (non-hydrogen) atoms. The van der Waals surface area contributed by atoms with Crippen molar-refractivity contribution in [3.8, 4) is 11.1 Å². The van der Waals surface area contributed by atoms with Crippen LogP contribution in [-0.2, 0) is 19.4 Å². The molecule has 0 amide bonds. The minimum absolute atomic E-state index is 0.0804. The Balaban J connectivity index is 2.21. The van der Waals surface area contributed by atoms with E-state index in [0.717, 1.165) is 43.1 Å². The molecule has 0 bridgehead atoms. The van der Waals surface area contributed by atoms with E-state index >= 15 is 0 Å². The van der Waals surface area contributed by atoms with Gasteiger partial charge in [0.25, 0.3) is 5.92 Å². The first-order valence-corrected chi connectivity index (χ1v) is 8.08. The van der Waals surface area contributed by atoms with Crippen molar-refractivity contribution in [1.29, 1.82) is 0 Å². The molecular formula is C18H23F2N3. The molecule has 5 heteroatoms. The first-order chi connectivity index (χ1) is 10.8. The molecule has 1 aliphatic rings. The number of anilines is 1. The number of benzene rings is 1. The van der Waals surface area contributed by atoms with E-state index in [-0.39, 0.29) is 5.56 Å². The lowest BCUT2D eigenvalue weighted by atomic mass is 9.90. The van der Waals surface area contributed by atoms with Gasteiger partial charge in [-0.2, -0.15) is 5.10 Å². The molecule has 2 heterocycles. The van der Waals surface area contributed by atoms with E-state index in [2.05, 4.69) is 23.8 Å². The number of hydrogen-bond acceptors (Lipinski definition) is 2. The Kier molecular flexibility index (Phi) is 3.90. The molecule has 3 nitrogen and oxygen atoms in total. The molecule has 2 aromatic rings. The molecule has 1 aromatic carbocycles. The second-order valence-electron chi connectivity index (χ2n) is 6.71. The van der Waals surface area contributed by atoms with Crippen molar-refractivity contribution in [3.63, 3.8) is 0 Å². The van der Waals surface area contributed by atoms with Crippen LogP contribution in [0.5, 0.6) is 0 Å². The van der Waals surface area contributed by atoms with Crippen molar-refractivity contribution in [2.75, 3.05) is 11.4 Å². The molecule has 1 aliphatic heterocycles. The van der Waals surface area contributed by atoms with Gasteiger partial charge < -0.3 is 4.90 Å². The average Bonchev–Trinajstić information content (AvgIpc) is 2.90. The average molecular weight is 319 g/mol. The van der Waals surface area contributed by atoms with E-state index < -0.39 is 5.92 Å². The first-order valence-electron chi connectivity index (χ1n) is 8.08. The molecule has 0 unspecified atom stereocenters. The van der Waals surface area contributed by atoms with Crippen molar-refractivity contribution < 1.29 is 8.78 Å². The molecule has 3 rings (SSSR count). The maximum atomic E-state index is 14.3. The molecule has 0 saturated carbocycles.